The number of hydrogen-bond acceptors (Lipinski definition) is 4. The summed E-state index contributed by atoms with van der Waals surface area (Å²) < 4.78 is 4.54. The van der Waals surface area contributed by atoms with Gasteiger partial charge in [0.1, 0.15) is 0 Å². The molecule has 1 aromatic rings. The Balaban J connectivity index is 2.11. The van der Waals surface area contributed by atoms with Crippen molar-refractivity contribution < 1.29 is 4.52 Å². The van der Waals surface area contributed by atoms with E-state index in [0.29, 0.717) is 23.6 Å². The second kappa shape index (κ2) is 4.18. The summed E-state index contributed by atoms with van der Waals surface area (Å²) in [4.78, 5) is 13.5. The minimum atomic E-state index is -0.458. The molecule has 2 rings (SSSR count). The van der Waals surface area contributed by atoms with Crippen LogP contribution >= 0.6 is 0 Å². The van der Waals surface area contributed by atoms with Crippen LogP contribution in [0.2, 0.25) is 0 Å². The van der Waals surface area contributed by atoms with E-state index in [1.54, 1.807) is 0 Å². The normalized spacial score (nSPS) is 26.3. The van der Waals surface area contributed by atoms with Crippen LogP contribution in [0.15, 0.2) is 9.32 Å². The van der Waals surface area contributed by atoms with Crippen molar-refractivity contribution in [2.75, 3.05) is 13.1 Å². The van der Waals surface area contributed by atoms with Gasteiger partial charge in [0.2, 0.25) is 0 Å². The van der Waals surface area contributed by atoms with Crippen molar-refractivity contribution in [3.05, 3.63) is 16.4 Å². The molecule has 2 N–H and O–H groups in total. The Morgan fingerprint density at radius 1 is 1.53 bits per heavy atom. The van der Waals surface area contributed by atoms with Crippen molar-refractivity contribution in [2.24, 2.45) is 11.8 Å². The molecule has 1 fully saturated rings. The van der Waals surface area contributed by atoms with Crippen LogP contribution in [0, 0.1) is 11.8 Å². The van der Waals surface area contributed by atoms with Crippen molar-refractivity contribution >= 4 is 0 Å². The standard InChI is InChI=1S/C10H17N3O2/c1-6(2)3-7-4-11-5-8(7)9-12-10(14)15-13-9/h6-8,11H,3-5H2,1-2H3,(H,12,13,14)/t7-,8-/m0/s1. The number of aromatic amines is 1. The summed E-state index contributed by atoms with van der Waals surface area (Å²) in [6.45, 7) is 6.29. The number of nitrogens with zero attached hydrogens (tertiary/aromatic N) is 1. The summed E-state index contributed by atoms with van der Waals surface area (Å²) in [5.41, 5.74) is 0. The van der Waals surface area contributed by atoms with Gasteiger partial charge >= 0.3 is 5.76 Å². The summed E-state index contributed by atoms with van der Waals surface area (Å²) >= 11 is 0. The van der Waals surface area contributed by atoms with Crippen LogP contribution < -0.4 is 11.1 Å². The van der Waals surface area contributed by atoms with Crippen LogP contribution in [0.4, 0.5) is 0 Å². The fourth-order valence-electron chi connectivity index (χ4n) is 2.31. The monoisotopic (exact) mass is 211 g/mol. The van der Waals surface area contributed by atoms with Crippen LogP contribution in [-0.2, 0) is 0 Å². The molecule has 0 spiro atoms. The highest BCUT2D eigenvalue weighted by atomic mass is 16.5. The molecule has 0 saturated carbocycles. The first-order valence-corrected chi connectivity index (χ1v) is 5.43. The molecule has 2 heterocycles. The maximum absolute atomic E-state index is 10.9. The molecule has 0 aliphatic carbocycles. The highest BCUT2D eigenvalue weighted by Gasteiger charge is 2.31. The Labute approximate surface area is 88.2 Å². The van der Waals surface area contributed by atoms with Gasteiger partial charge in [-0.2, -0.15) is 0 Å². The van der Waals surface area contributed by atoms with Gasteiger partial charge in [-0.3, -0.25) is 9.51 Å². The van der Waals surface area contributed by atoms with E-state index in [1.807, 2.05) is 0 Å². The zero-order chi connectivity index (χ0) is 10.8. The molecule has 1 saturated heterocycles. The smallest absolute Gasteiger partial charge is 0.316 e. The Bertz CT molecular complexity index is 369. The van der Waals surface area contributed by atoms with E-state index < -0.39 is 5.76 Å². The molecule has 0 radical (unpaired) electrons. The van der Waals surface area contributed by atoms with Crippen LogP contribution in [0.5, 0.6) is 0 Å². The SMILES string of the molecule is CC(C)C[C@H]1CNC[C@@H]1c1noc(=O)[nH]1. The summed E-state index contributed by atoms with van der Waals surface area (Å²) in [5.74, 6) is 1.73. The molecule has 0 aromatic carbocycles. The van der Waals surface area contributed by atoms with E-state index >= 15 is 0 Å². The molecule has 0 amide bonds. The Morgan fingerprint density at radius 3 is 2.93 bits per heavy atom. The maximum atomic E-state index is 10.9. The number of aromatic nitrogens is 2. The lowest BCUT2D eigenvalue weighted by atomic mass is 9.88. The molecule has 0 bridgehead atoms. The van der Waals surface area contributed by atoms with Gasteiger partial charge in [-0.15, -0.1) is 0 Å². The fraction of sp³-hybridized carbons (Fsp3) is 0.800. The maximum Gasteiger partial charge on any atom is 0.438 e. The summed E-state index contributed by atoms with van der Waals surface area (Å²) in [7, 11) is 0. The van der Waals surface area contributed by atoms with E-state index in [1.165, 1.54) is 0 Å². The molecule has 0 unspecified atom stereocenters. The van der Waals surface area contributed by atoms with Crippen LogP contribution in [0.25, 0.3) is 0 Å². The van der Waals surface area contributed by atoms with Gasteiger partial charge in [-0.05, 0) is 24.8 Å². The van der Waals surface area contributed by atoms with Gasteiger partial charge in [0, 0.05) is 12.5 Å². The van der Waals surface area contributed by atoms with Crippen LogP contribution in [0.3, 0.4) is 0 Å². The Kier molecular flexibility index (Phi) is 2.90. The lowest BCUT2D eigenvalue weighted by Crippen LogP contribution is -2.15. The molecular weight excluding hydrogens is 194 g/mol. The molecule has 1 aliphatic rings. The fourth-order valence-corrected chi connectivity index (χ4v) is 2.31. The van der Waals surface area contributed by atoms with Crippen molar-refractivity contribution in [1.82, 2.24) is 15.5 Å². The lowest BCUT2D eigenvalue weighted by Gasteiger charge is -2.17. The zero-order valence-corrected chi connectivity index (χ0v) is 9.12. The third kappa shape index (κ3) is 2.28. The van der Waals surface area contributed by atoms with Crippen molar-refractivity contribution in [3.8, 4) is 0 Å². The van der Waals surface area contributed by atoms with Crippen molar-refractivity contribution in [2.45, 2.75) is 26.2 Å². The van der Waals surface area contributed by atoms with E-state index in [9.17, 15) is 4.79 Å². The highest BCUT2D eigenvalue weighted by molar-refractivity contribution is 5.01. The van der Waals surface area contributed by atoms with E-state index in [2.05, 4.69) is 33.8 Å². The minimum absolute atomic E-state index is 0.291. The summed E-state index contributed by atoms with van der Waals surface area (Å²) in [6.07, 6.45) is 1.15. The van der Waals surface area contributed by atoms with Crippen LogP contribution in [0.1, 0.15) is 32.0 Å². The molecule has 5 nitrogen and oxygen atoms in total. The first-order chi connectivity index (χ1) is 7.16. The van der Waals surface area contributed by atoms with Gasteiger partial charge in [0.15, 0.2) is 5.82 Å². The van der Waals surface area contributed by atoms with Gasteiger partial charge in [0.05, 0.1) is 0 Å². The molecule has 1 aliphatic heterocycles. The first kappa shape index (κ1) is 10.4. The van der Waals surface area contributed by atoms with Gasteiger partial charge in [0.25, 0.3) is 0 Å². The van der Waals surface area contributed by atoms with E-state index in [0.717, 1.165) is 19.5 Å². The predicted molar refractivity (Wildman–Crippen MR) is 55.7 cm³/mol. The lowest BCUT2D eigenvalue weighted by molar-refractivity contribution is 0.358. The third-order valence-corrected chi connectivity index (χ3v) is 2.92. The summed E-state index contributed by atoms with van der Waals surface area (Å²) in [6, 6.07) is 0. The molecule has 1 aromatic heterocycles. The molecule has 15 heavy (non-hydrogen) atoms. The largest absolute Gasteiger partial charge is 0.438 e. The average molecular weight is 211 g/mol. The third-order valence-electron chi connectivity index (χ3n) is 2.92. The van der Waals surface area contributed by atoms with Crippen molar-refractivity contribution in [3.63, 3.8) is 0 Å². The Hall–Kier alpha value is -1.10. The average Bonchev–Trinajstić information content (AvgIpc) is 2.72. The topological polar surface area (TPSA) is 70.9 Å². The van der Waals surface area contributed by atoms with Crippen LogP contribution in [-0.4, -0.2) is 23.2 Å². The molecular formula is C10H17N3O2. The quantitative estimate of drug-likeness (QED) is 0.772. The highest BCUT2D eigenvalue weighted by Crippen LogP contribution is 2.29. The number of H-pyrrole nitrogens is 1. The second-order valence-electron chi connectivity index (χ2n) is 4.63. The number of hydrogen-bond donors (Lipinski definition) is 2. The van der Waals surface area contributed by atoms with Crippen molar-refractivity contribution in [1.29, 1.82) is 0 Å². The summed E-state index contributed by atoms with van der Waals surface area (Å²) in [5, 5.41) is 7.10. The molecule has 5 heteroatoms. The van der Waals surface area contributed by atoms with Gasteiger partial charge in [-0.1, -0.05) is 19.0 Å². The van der Waals surface area contributed by atoms with Gasteiger partial charge < -0.3 is 5.32 Å². The number of rotatable bonds is 3. The van der Waals surface area contributed by atoms with E-state index in [4.69, 9.17) is 0 Å². The predicted octanol–water partition coefficient (Wildman–Crippen LogP) is 0.712. The van der Waals surface area contributed by atoms with E-state index in [-0.39, 0.29) is 0 Å². The molecule has 84 valence electrons. The first-order valence-electron chi connectivity index (χ1n) is 5.43. The van der Waals surface area contributed by atoms with Gasteiger partial charge in [-0.25, -0.2) is 4.79 Å². The molecule has 2 atom stereocenters. The zero-order valence-electron chi connectivity index (χ0n) is 9.12. The minimum Gasteiger partial charge on any atom is -0.316 e. The number of nitrogens with one attached hydrogen (secondary N) is 2. The Morgan fingerprint density at radius 2 is 2.33 bits per heavy atom. The second-order valence-corrected chi connectivity index (χ2v) is 4.63.